The molecule has 0 saturated carbocycles. The molecule has 28 heavy (non-hydrogen) atoms. The second kappa shape index (κ2) is 17.0. The second-order valence-electron chi connectivity index (χ2n) is 7.92. The van der Waals surface area contributed by atoms with Gasteiger partial charge < -0.3 is 23.8 Å². The number of rotatable bonds is 20. The molecule has 0 fully saturated rings. The van der Waals surface area contributed by atoms with Gasteiger partial charge in [0, 0.05) is 26.4 Å². The van der Waals surface area contributed by atoms with Crippen LogP contribution in [0, 0.1) is 0 Å². The smallest absolute Gasteiger partial charge is 0.142 e. The van der Waals surface area contributed by atoms with Crippen molar-refractivity contribution in [2.45, 2.75) is 90.1 Å². The van der Waals surface area contributed by atoms with E-state index in [1.807, 2.05) is 0 Å². The van der Waals surface area contributed by atoms with Crippen molar-refractivity contribution in [1.82, 2.24) is 4.90 Å². The number of hydrogen-bond donors (Lipinski definition) is 0. The highest BCUT2D eigenvalue weighted by Crippen LogP contribution is 2.15. The maximum atomic E-state index is 5.84. The summed E-state index contributed by atoms with van der Waals surface area (Å²) >= 11 is 0. The summed E-state index contributed by atoms with van der Waals surface area (Å²) in [4.78, 5) is 2.48. The predicted octanol–water partition coefficient (Wildman–Crippen LogP) is 3.15. The maximum absolute atomic E-state index is 5.84. The molecule has 0 heterocycles. The average Bonchev–Trinajstić information content (AvgIpc) is 2.62. The van der Waals surface area contributed by atoms with Gasteiger partial charge in [0.15, 0.2) is 0 Å². The Bertz CT molecular complexity index is 317. The Morgan fingerprint density at radius 2 is 0.929 bits per heavy atom. The third-order valence-electron chi connectivity index (χ3n) is 5.14. The van der Waals surface area contributed by atoms with Crippen molar-refractivity contribution in [3.05, 3.63) is 0 Å². The highest BCUT2D eigenvalue weighted by molar-refractivity contribution is 6.39. The Morgan fingerprint density at radius 1 is 0.607 bits per heavy atom. The largest absolute Gasteiger partial charge is 0.355 e. The maximum Gasteiger partial charge on any atom is 0.142 e. The van der Waals surface area contributed by atoms with E-state index in [4.69, 9.17) is 18.9 Å². The molecule has 0 N–H and O–H groups in total. The summed E-state index contributed by atoms with van der Waals surface area (Å²) in [6.45, 7) is 17.8. The van der Waals surface area contributed by atoms with Gasteiger partial charge in [0.1, 0.15) is 10.8 Å². The molecular weight excluding hydrogens is 386 g/mol. The van der Waals surface area contributed by atoms with Crippen LogP contribution >= 0.6 is 0 Å². The summed E-state index contributed by atoms with van der Waals surface area (Å²) in [5.74, 6) is 0. The molecule has 0 bridgehead atoms. The summed E-state index contributed by atoms with van der Waals surface area (Å²) in [5, 5.41) is 0. The molecule has 0 aromatic rings. The minimum Gasteiger partial charge on any atom is -0.355 e. The van der Waals surface area contributed by atoms with Gasteiger partial charge in [0.25, 0.3) is 0 Å². The van der Waals surface area contributed by atoms with Crippen LogP contribution in [0.5, 0.6) is 0 Å². The molecule has 0 radical (unpaired) electrons. The second-order valence-corrected chi connectivity index (χ2v) is 12.9. The van der Waals surface area contributed by atoms with Crippen molar-refractivity contribution < 1.29 is 18.9 Å². The standard InChI is InChI=1S/C21H49NO4Si2/c1-8-23-20(5,24-9-2)27-18-14-12-16-22(7)17-13-15-19-28-21(6,25-10-3)26-11-4/h8-19,27-28H2,1-7H3. The first-order valence-electron chi connectivity index (χ1n) is 11.6. The zero-order valence-corrected chi connectivity index (χ0v) is 22.8. The zero-order valence-electron chi connectivity index (χ0n) is 20.0. The van der Waals surface area contributed by atoms with E-state index in [1.54, 1.807) is 0 Å². The quantitative estimate of drug-likeness (QED) is 0.167. The average molecular weight is 436 g/mol. The van der Waals surface area contributed by atoms with Gasteiger partial charge >= 0.3 is 0 Å². The molecule has 0 rings (SSSR count). The first-order valence-corrected chi connectivity index (χ1v) is 15.0. The minimum atomic E-state index is -0.366. The van der Waals surface area contributed by atoms with Gasteiger partial charge in [-0.3, -0.25) is 0 Å². The fourth-order valence-corrected chi connectivity index (χ4v) is 7.60. The van der Waals surface area contributed by atoms with Crippen molar-refractivity contribution in [2.24, 2.45) is 0 Å². The third kappa shape index (κ3) is 14.3. The molecule has 5 nitrogen and oxygen atoms in total. The van der Waals surface area contributed by atoms with Crippen molar-refractivity contribution in [3.63, 3.8) is 0 Å². The third-order valence-corrected chi connectivity index (χ3v) is 9.48. The number of unbranched alkanes of at least 4 members (excludes halogenated alkanes) is 2. The van der Waals surface area contributed by atoms with Crippen LogP contribution in [0.2, 0.25) is 12.1 Å². The van der Waals surface area contributed by atoms with Crippen molar-refractivity contribution in [3.8, 4) is 0 Å². The van der Waals surface area contributed by atoms with Crippen molar-refractivity contribution in [1.29, 1.82) is 0 Å². The lowest BCUT2D eigenvalue weighted by Gasteiger charge is -2.29. The molecule has 0 aliphatic heterocycles. The molecule has 0 unspecified atom stereocenters. The van der Waals surface area contributed by atoms with Crippen LogP contribution in [0.1, 0.15) is 67.2 Å². The Kier molecular flexibility index (Phi) is 17.1. The molecule has 0 aromatic carbocycles. The molecule has 0 spiro atoms. The number of nitrogens with zero attached hydrogens (tertiary/aromatic N) is 1. The monoisotopic (exact) mass is 435 g/mol. The van der Waals surface area contributed by atoms with E-state index in [1.165, 1.54) is 50.9 Å². The van der Waals surface area contributed by atoms with Crippen LogP contribution in [-0.2, 0) is 18.9 Å². The molecule has 0 aromatic heterocycles. The van der Waals surface area contributed by atoms with Crippen LogP contribution in [0.3, 0.4) is 0 Å². The van der Waals surface area contributed by atoms with E-state index >= 15 is 0 Å². The van der Waals surface area contributed by atoms with E-state index in [0.717, 1.165) is 26.4 Å². The molecule has 7 heteroatoms. The van der Waals surface area contributed by atoms with Gasteiger partial charge in [0.05, 0.1) is 19.0 Å². The van der Waals surface area contributed by atoms with E-state index in [9.17, 15) is 0 Å². The minimum absolute atomic E-state index is 0.267. The Morgan fingerprint density at radius 3 is 1.21 bits per heavy atom. The molecule has 0 aliphatic rings. The molecular formula is C21H49NO4Si2. The number of ether oxygens (including phenoxy) is 4. The Hall–Kier alpha value is 0.234. The summed E-state index contributed by atoms with van der Waals surface area (Å²) in [6, 6.07) is 2.59. The van der Waals surface area contributed by atoms with E-state index in [2.05, 4.69) is 53.5 Å². The van der Waals surface area contributed by atoms with Gasteiger partial charge in [-0.25, -0.2) is 0 Å². The fraction of sp³-hybridized carbons (Fsp3) is 1.00. The van der Waals surface area contributed by atoms with E-state index in [-0.39, 0.29) is 29.9 Å². The lowest BCUT2D eigenvalue weighted by atomic mass is 10.3. The highest BCUT2D eigenvalue weighted by Gasteiger charge is 2.25. The van der Waals surface area contributed by atoms with Gasteiger partial charge in [-0.2, -0.15) is 0 Å². The molecule has 170 valence electrons. The molecule has 0 saturated heterocycles. The van der Waals surface area contributed by atoms with E-state index < -0.39 is 0 Å². The van der Waals surface area contributed by atoms with Gasteiger partial charge in [-0.1, -0.05) is 24.9 Å². The Balaban J connectivity index is 3.78. The fourth-order valence-electron chi connectivity index (χ4n) is 3.71. The lowest BCUT2D eigenvalue weighted by molar-refractivity contribution is -0.163. The van der Waals surface area contributed by atoms with Crippen LogP contribution in [-0.4, -0.2) is 81.3 Å². The molecule has 0 atom stereocenters. The predicted molar refractivity (Wildman–Crippen MR) is 126 cm³/mol. The topological polar surface area (TPSA) is 40.2 Å². The molecule has 0 aliphatic carbocycles. The van der Waals surface area contributed by atoms with Gasteiger partial charge in [-0.15, -0.1) is 0 Å². The summed E-state index contributed by atoms with van der Waals surface area (Å²) in [7, 11) is 1.52. The zero-order chi connectivity index (χ0) is 21.3. The van der Waals surface area contributed by atoms with Gasteiger partial charge in [0.2, 0.25) is 0 Å². The van der Waals surface area contributed by atoms with Crippen molar-refractivity contribution in [2.75, 3.05) is 46.6 Å². The van der Waals surface area contributed by atoms with Crippen LogP contribution in [0.25, 0.3) is 0 Å². The lowest BCUT2D eigenvalue weighted by Crippen LogP contribution is -2.39. The van der Waals surface area contributed by atoms with Crippen LogP contribution in [0.15, 0.2) is 0 Å². The first-order chi connectivity index (χ1) is 13.3. The SMILES string of the molecule is CCOC(C)(OCC)[SiH2]CCCCN(C)CCCC[SiH2]C(C)(OCC)OCC. The number of hydrogen-bond acceptors (Lipinski definition) is 5. The van der Waals surface area contributed by atoms with E-state index in [0.29, 0.717) is 0 Å². The highest BCUT2D eigenvalue weighted by atomic mass is 28.2. The summed E-state index contributed by atoms with van der Waals surface area (Å²) in [6.07, 6.45) is 5.14. The van der Waals surface area contributed by atoms with Crippen LogP contribution < -0.4 is 0 Å². The summed E-state index contributed by atoms with van der Waals surface area (Å²) < 4.78 is 23.4. The van der Waals surface area contributed by atoms with Gasteiger partial charge in [-0.05, 0) is 74.5 Å². The first kappa shape index (κ1) is 28.2. The summed E-state index contributed by atoms with van der Waals surface area (Å²) in [5.41, 5.74) is -0.534. The molecule has 0 amide bonds. The Labute approximate surface area is 179 Å². The van der Waals surface area contributed by atoms with Crippen molar-refractivity contribution >= 4 is 19.0 Å². The normalized spacial score (nSPS) is 13.7. The van der Waals surface area contributed by atoms with Crippen LogP contribution in [0.4, 0.5) is 0 Å².